The third-order valence-corrected chi connectivity index (χ3v) is 3.69. The Balaban J connectivity index is 2.40. The number of likely N-dealkylation sites (tertiary alicyclic amines) is 1. The lowest BCUT2D eigenvalue weighted by Crippen LogP contribution is -2.44. The van der Waals surface area contributed by atoms with Crippen molar-refractivity contribution in [2.45, 2.75) is 18.9 Å². The van der Waals surface area contributed by atoms with Gasteiger partial charge in [0.25, 0.3) is 11.6 Å². The average Bonchev–Trinajstić information content (AvgIpc) is 3.02. The predicted molar refractivity (Wildman–Crippen MR) is 78.2 cm³/mol. The molecule has 9 nitrogen and oxygen atoms in total. The lowest BCUT2D eigenvalue weighted by atomic mass is 10.1. The van der Waals surface area contributed by atoms with Crippen LogP contribution in [0.5, 0.6) is 0 Å². The van der Waals surface area contributed by atoms with Crippen molar-refractivity contribution in [1.29, 1.82) is 0 Å². The Bertz CT molecular complexity index is 655. The number of carboxylic acids is 1. The lowest BCUT2D eigenvalue weighted by molar-refractivity contribution is -0.384. The van der Waals surface area contributed by atoms with Crippen LogP contribution in [0.25, 0.3) is 0 Å². The van der Waals surface area contributed by atoms with Crippen molar-refractivity contribution >= 4 is 23.5 Å². The van der Waals surface area contributed by atoms with E-state index >= 15 is 0 Å². The summed E-state index contributed by atoms with van der Waals surface area (Å²) in [6.45, 7) is 0.335. The Morgan fingerprint density at radius 1 is 1.30 bits per heavy atom. The van der Waals surface area contributed by atoms with Gasteiger partial charge in [0.05, 0.1) is 10.5 Å². The quantitative estimate of drug-likeness (QED) is 0.618. The van der Waals surface area contributed by atoms with Crippen LogP contribution in [0.4, 0.5) is 5.69 Å². The summed E-state index contributed by atoms with van der Waals surface area (Å²) >= 11 is 0. The Morgan fingerprint density at radius 2 is 1.96 bits per heavy atom. The Hall–Kier alpha value is -2.97. The molecule has 2 N–H and O–H groups in total. The number of carbonyl (C=O) groups is 3. The summed E-state index contributed by atoms with van der Waals surface area (Å²) in [6.07, 6.45) is 1.12. The van der Waals surface area contributed by atoms with E-state index < -0.39 is 28.5 Å². The fourth-order valence-corrected chi connectivity index (χ4v) is 2.58. The second-order valence-electron chi connectivity index (χ2n) is 5.10. The SMILES string of the molecule is CNC(=O)C1CCCN1C(=O)c1cc(C(=O)O)cc([N+](=O)[O-])c1. The van der Waals surface area contributed by atoms with Crippen LogP contribution >= 0.6 is 0 Å². The Labute approximate surface area is 131 Å². The van der Waals surface area contributed by atoms with E-state index in [1.54, 1.807) is 0 Å². The van der Waals surface area contributed by atoms with Crippen molar-refractivity contribution in [3.05, 3.63) is 39.4 Å². The maximum absolute atomic E-state index is 12.6. The van der Waals surface area contributed by atoms with E-state index in [9.17, 15) is 24.5 Å². The van der Waals surface area contributed by atoms with Crippen molar-refractivity contribution in [3.8, 4) is 0 Å². The molecule has 1 fully saturated rings. The van der Waals surface area contributed by atoms with Crippen LogP contribution in [0.1, 0.15) is 33.6 Å². The highest BCUT2D eigenvalue weighted by atomic mass is 16.6. The van der Waals surface area contributed by atoms with Crippen molar-refractivity contribution in [1.82, 2.24) is 10.2 Å². The molecule has 1 saturated heterocycles. The van der Waals surface area contributed by atoms with Gasteiger partial charge in [0.2, 0.25) is 5.91 Å². The number of carbonyl (C=O) groups excluding carboxylic acids is 2. The summed E-state index contributed by atoms with van der Waals surface area (Å²) in [7, 11) is 1.46. The molecule has 0 saturated carbocycles. The van der Waals surface area contributed by atoms with Gasteiger partial charge in [0.15, 0.2) is 0 Å². The molecule has 1 atom stereocenters. The number of hydrogen-bond donors (Lipinski definition) is 2. The zero-order valence-electron chi connectivity index (χ0n) is 12.3. The standard InChI is InChI=1S/C14H15N3O6/c1-15-12(18)11-3-2-4-16(11)13(19)8-5-9(14(20)21)7-10(6-8)17(22)23/h5-7,11H,2-4H2,1H3,(H,15,18)(H,20,21). The zero-order valence-corrected chi connectivity index (χ0v) is 12.3. The molecule has 122 valence electrons. The van der Waals surface area contributed by atoms with Crippen LogP contribution in [0, 0.1) is 10.1 Å². The number of nitrogens with zero attached hydrogens (tertiary/aromatic N) is 2. The normalized spacial score (nSPS) is 16.9. The van der Waals surface area contributed by atoms with E-state index in [0.717, 1.165) is 18.2 Å². The molecule has 9 heteroatoms. The number of aromatic carboxylic acids is 1. The molecule has 0 bridgehead atoms. The lowest BCUT2D eigenvalue weighted by Gasteiger charge is -2.23. The summed E-state index contributed by atoms with van der Waals surface area (Å²) in [6, 6.07) is 2.34. The van der Waals surface area contributed by atoms with Crippen LogP contribution in [-0.4, -0.2) is 52.3 Å². The van der Waals surface area contributed by atoms with E-state index in [1.165, 1.54) is 11.9 Å². The summed E-state index contributed by atoms with van der Waals surface area (Å²) in [5, 5.41) is 22.4. The number of rotatable bonds is 4. The number of amides is 2. The van der Waals surface area contributed by atoms with E-state index in [-0.39, 0.29) is 17.0 Å². The van der Waals surface area contributed by atoms with Crippen LogP contribution in [0.15, 0.2) is 18.2 Å². The van der Waals surface area contributed by atoms with Gasteiger partial charge >= 0.3 is 5.97 Å². The van der Waals surface area contributed by atoms with Crippen LogP contribution < -0.4 is 5.32 Å². The van der Waals surface area contributed by atoms with Gasteiger partial charge in [-0.05, 0) is 18.9 Å². The minimum atomic E-state index is -1.37. The molecule has 2 amide bonds. The van der Waals surface area contributed by atoms with E-state index in [4.69, 9.17) is 5.11 Å². The molecule has 0 aromatic heterocycles. The fourth-order valence-electron chi connectivity index (χ4n) is 2.58. The maximum Gasteiger partial charge on any atom is 0.335 e. The largest absolute Gasteiger partial charge is 0.478 e. The first kappa shape index (κ1) is 16.4. The monoisotopic (exact) mass is 321 g/mol. The molecule has 1 aliphatic rings. The number of hydrogen-bond acceptors (Lipinski definition) is 5. The highest BCUT2D eigenvalue weighted by molar-refractivity contribution is 6.00. The number of likely N-dealkylation sites (N-methyl/N-ethyl adjacent to an activating group) is 1. The minimum Gasteiger partial charge on any atom is -0.478 e. The van der Waals surface area contributed by atoms with Gasteiger partial charge in [-0.1, -0.05) is 0 Å². The third kappa shape index (κ3) is 3.28. The first-order valence-corrected chi connectivity index (χ1v) is 6.90. The summed E-state index contributed by atoms with van der Waals surface area (Å²) in [5.41, 5.74) is -0.949. The summed E-state index contributed by atoms with van der Waals surface area (Å²) in [5.74, 6) is -2.28. The zero-order chi connectivity index (χ0) is 17.1. The highest BCUT2D eigenvalue weighted by Gasteiger charge is 2.34. The molecule has 0 aliphatic carbocycles. The van der Waals surface area contributed by atoms with Crippen LogP contribution in [0.2, 0.25) is 0 Å². The number of non-ortho nitro benzene ring substituents is 1. The Kier molecular flexibility index (Phi) is 4.58. The molecular formula is C14H15N3O6. The van der Waals surface area contributed by atoms with E-state index in [1.807, 2.05) is 0 Å². The number of benzene rings is 1. The maximum atomic E-state index is 12.6. The molecule has 0 radical (unpaired) electrons. The molecule has 1 aliphatic heterocycles. The van der Waals surface area contributed by atoms with Crippen molar-refractivity contribution < 1.29 is 24.4 Å². The predicted octanol–water partition coefficient (Wildman–Crippen LogP) is 0.644. The topological polar surface area (TPSA) is 130 Å². The molecule has 0 spiro atoms. The summed E-state index contributed by atoms with van der Waals surface area (Å²) < 4.78 is 0. The second-order valence-corrected chi connectivity index (χ2v) is 5.10. The van der Waals surface area contributed by atoms with Gasteiger partial charge in [-0.25, -0.2) is 4.79 Å². The van der Waals surface area contributed by atoms with E-state index in [2.05, 4.69) is 5.32 Å². The minimum absolute atomic E-state index is 0.118. The van der Waals surface area contributed by atoms with Crippen LogP contribution in [-0.2, 0) is 4.79 Å². The van der Waals surface area contributed by atoms with Crippen molar-refractivity contribution in [2.24, 2.45) is 0 Å². The van der Waals surface area contributed by atoms with Gasteiger partial charge in [-0.3, -0.25) is 19.7 Å². The molecule has 1 aromatic carbocycles. The number of carboxylic acid groups (broad SMARTS) is 1. The number of nitro groups is 1. The van der Waals surface area contributed by atoms with Crippen molar-refractivity contribution in [2.75, 3.05) is 13.6 Å². The number of nitro benzene ring substituents is 1. The molecule has 1 unspecified atom stereocenters. The molecule has 2 rings (SSSR count). The molecule has 1 aromatic rings. The second kappa shape index (κ2) is 6.42. The smallest absolute Gasteiger partial charge is 0.335 e. The van der Waals surface area contributed by atoms with Gasteiger partial charge < -0.3 is 15.3 Å². The number of nitrogens with one attached hydrogen (secondary N) is 1. The van der Waals surface area contributed by atoms with Crippen molar-refractivity contribution in [3.63, 3.8) is 0 Å². The average molecular weight is 321 g/mol. The van der Waals surface area contributed by atoms with Gasteiger partial charge in [0.1, 0.15) is 6.04 Å². The van der Waals surface area contributed by atoms with Crippen LogP contribution in [0.3, 0.4) is 0 Å². The molecule has 23 heavy (non-hydrogen) atoms. The van der Waals surface area contributed by atoms with Gasteiger partial charge in [-0.15, -0.1) is 0 Å². The van der Waals surface area contributed by atoms with Gasteiger partial charge in [-0.2, -0.15) is 0 Å². The van der Waals surface area contributed by atoms with E-state index in [0.29, 0.717) is 19.4 Å². The highest BCUT2D eigenvalue weighted by Crippen LogP contribution is 2.23. The Morgan fingerprint density at radius 3 is 2.52 bits per heavy atom. The van der Waals surface area contributed by atoms with Gasteiger partial charge in [0, 0.05) is 31.3 Å². The first-order chi connectivity index (χ1) is 10.8. The fraction of sp³-hybridized carbons (Fsp3) is 0.357. The molecule has 1 heterocycles. The first-order valence-electron chi connectivity index (χ1n) is 6.90. The molecular weight excluding hydrogens is 306 g/mol. The third-order valence-electron chi connectivity index (χ3n) is 3.69. The summed E-state index contributed by atoms with van der Waals surface area (Å²) in [4.78, 5) is 46.9.